The summed E-state index contributed by atoms with van der Waals surface area (Å²) in [5.41, 5.74) is 3.90. The zero-order valence-corrected chi connectivity index (χ0v) is 16.9. The van der Waals surface area contributed by atoms with E-state index in [1.807, 2.05) is 50.2 Å². The second-order valence-corrected chi connectivity index (χ2v) is 8.66. The minimum Gasteiger partial charge on any atom is -0.315 e. The van der Waals surface area contributed by atoms with E-state index in [1.165, 1.54) is 11.8 Å². The van der Waals surface area contributed by atoms with Crippen molar-refractivity contribution in [2.24, 2.45) is 0 Å². The number of anilines is 1. The van der Waals surface area contributed by atoms with Crippen LogP contribution in [0.25, 0.3) is 0 Å². The molecule has 1 fully saturated rings. The number of hydrogen-bond donors (Lipinski definition) is 0. The highest BCUT2D eigenvalue weighted by Gasteiger charge is 2.59. The van der Waals surface area contributed by atoms with Gasteiger partial charge in [0.25, 0.3) is 5.91 Å². The van der Waals surface area contributed by atoms with Crippen LogP contribution < -0.4 is 4.90 Å². The fraction of sp³-hybridized carbons (Fsp3) is 0.333. The lowest BCUT2D eigenvalue weighted by molar-refractivity contribution is -0.139. The van der Waals surface area contributed by atoms with Crippen molar-refractivity contribution in [3.05, 3.63) is 64.2 Å². The summed E-state index contributed by atoms with van der Waals surface area (Å²) in [6.07, 6.45) is 0.378. The molecular weight excluding hydrogens is 380 g/mol. The van der Waals surface area contributed by atoms with Gasteiger partial charge in [-0.25, -0.2) is 0 Å². The fourth-order valence-corrected chi connectivity index (χ4v) is 5.63. The van der Waals surface area contributed by atoms with E-state index < -0.39 is 4.87 Å². The largest absolute Gasteiger partial charge is 0.315 e. The molecule has 0 bridgehead atoms. The molecule has 0 N–H and O–H groups in total. The van der Waals surface area contributed by atoms with E-state index in [9.17, 15) is 9.59 Å². The van der Waals surface area contributed by atoms with Gasteiger partial charge in [-0.3, -0.25) is 9.59 Å². The van der Waals surface area contributed by atoms with E-state index in [1.54, 1.807) is 9.80 Å². The molecule has 2 aliphatic rings. The van der Waals surface area contributed by atoms with Crippen molar-refractivity contribution in [3.8, 4) is 0 Å². The number of thioether (sulfide) groups is 1. The van der Waals surface area contributed by atoms with Crippen LogP contribution in [0.1, 0.15) is 30.0 Å². The number of aryl methyl sites for hydroxylation is 1. The summed E-state index contributed by atoms with van der Waals surface area (Å²) in [4.78, 5) is 28.9. The highest BCUT2D eigenvalue weighted by molar-refractivity contribution is 8.01. The summed E-state index contributed by atoms with van der Waals surface area (Å²) in [6, 6.07) is 13.7. The fourth-order valence-electron chi connectivity index (χ4n) is 3.98. The molecule has 2 aromatic carbocycles. The lowest BCUT2D eigenvalue weighted by atomic mass is 10.1. The molecule has 2 aromatic rings. The molecule has 2 amide bonds. The van der Waals surface area contributed by atoms with Crippen molar-refractivity contribution >= 4 is 40.9 Å². The second-order valence-electron chi connectivity index (χ2n) is 6.93. The standard InChI is InChI=1S/C21H21ClN2O2S/c1-3-19(25)24-9-10-27-21(24)17-12-16(22)7-8-18(17)23(20(21)26)13-15-6-4-5-14(2)11-15/h4-8,11-12H,3,9-10,13H2,1-2H3. The molecule has 0 aliphatic carbocycles. The summed E-state index contributed by atoms with van der Waals surface area (Å²) in [6.45, 7) is 4.93. The number of benzene rings is 2. The predicted molar refractivity (Wildman–Crippen MR) is 110 cm³/mol. The van der Waals surface area contributed by atoms with Gasteiger partial charge in [0.1, 0.15) is 0 Å². The molecule has 6 heteroatoms. The Morgan fingerprint density at radius 2 is 2.07 bits per heavy atom. The molecule has 0 aromatic heterocycles. The first-order chi connectivity index (χ1) is 13.0. The van der Waals surface area contributed by atoms with Crippen LogP contribution in [0, 0.1) is 6.92 Å². The Balaban J connectivity index is 1.82. The van der Waals surface area contributed by atoms with E-state index in [0.29, 0.717) is 24.5 Å². The zero-order valence-electron chi connectivity index (χ0n) is 15.4. The maximum Gasteiger partial charge on any atom is 0.268 e. The second kappa shape index (κ2) is 6.88. The number of hydrogen-bond acceptors (Lipinski definition) is 3. The highest BCUT2D eigenvalue weighted by Crippen LogP contribution is 2.55. The molecule has 2 aliphatic heterocycles. The van der Waals surface area contributed by atoms with E-state index in [2.05, 4.69) is 6.07 Å². The Morgan fingerprint density at radius 1 is 1.26 bits per heavy atom. The molecule has 0 saturated carbocycles. The van der Waals surface area contributed by atoms with E-state index in [4.69, 9.17) is 11.6 Å². The Labute approximate surface area is 168 Å². The van der Waals surface area contributed by atoms with Crippen molar-refractivity contribution in [3.63, 3.8) is 0 Å². The Kier molecular flexibility index (Phi) is 4.68. The lowest BCUT2D eigenvalue weighted by Crippen LogP contribution is -2.50. The van der Waals surface area contributed by atoms with Crippen LogP contribution in [0.4, 0.5) is 5.69 Å². The van der Waals surface area contributed by atoms with Gasteiger partial charge in [-0.15, -0.1) is 11.8 Å². The van der Waals surface area contributed by atoms with Crippen LogP contribution in [0.2, 0.25) is 5.02 Å². The third-order valence-electron chi connectivity index (χ3n) is 5.18. The maximum absolute atomic E-state index is 13.7. The van der Waals surface area contributed by atoms with Gasteiger partial charge in [0.2, 0.25) is 5.91 Å². The molecule has 1 atom stereocenters. The molecule has 1 saturated heterocycles. The molecule has 2 heterocycles. The smallest absolute Gasteiger partial charge is 0.268 e. The van der Waals surface area contributed by atoms with E-state index in [0.717, 1.165) is 28.1 Å². The van der Waals surface area contributed by atoms with Gasteiger partial charge in [0.15, 0.2) is 4.87 Å². The van der Waals surface area contributed by atoms with Gasteiger partial charge in [-0.1, -0.05) is 48.4 Å². The molecular formula is C21H21ClN2O2S. The van der Waals surface area contributed by atoms with Gasteiger partial charge in [-0.2, -0.15) is 0 Å². The normalized spacial score (nSPS) is 21.2. The average molecular weight is 401 g/mol. The minimum absolute atomic E-state index is 0.00307. The Bertz CT molecular complexity index is 932. The topological polar surface area (TPSA) is 40.6 Å². The van der Waals surface area contributed by atoms with Crippen LogP contribution in [-0.2, 0) is 21.0 Å². The van der Waals surface area contributed by atoms with Gasteiger partial charge in [0, 0.05) is 29.3 Å². The number of nitrogens with zero attached hydrogens (tertiary/aromatic N) is 2. The predicted octanol–water partition coefficient (Wildman–Crippen LogP) is 4.33. The van der Waals surface area contributed by atoms with Crippen molar-refractivity contribution in [1.29, 1.82) is 0 Å². The van der Waals surface area contributed by atoms with Gasteiger partial charge < -0.3 is 9.80 Å². The summed E-state index contributed by atoms with van der Waals surface area (Å²) >= 11 is 7.82. The number of fused-ring (bicyclic) bond motifs is 2. The van der Waals surface area contributed by atoms with Gasteiger partial charge >= 0.3 is 0 Å². The van der Waals surface area contributed by atoms with Crippen LogP contribution in [0.3, 0.4) is 0 Å². The van der Waals surface area contributed by atoms with Crippen molar-refractivity contribution in [2.75, 3.05) is 17.2 Å². The number of rotatable bonds is 3. The molecule has 1 unspecified atom stereocenters. The third-order valence-corrected chi connectivity index (χ3v) is 6.84. The molecule has 4 nitrogen and oxygen atoms in total. The maximum atomic E-state index is 13.7. The van der Waals surface area contributed by atoms with E-state index >= 15 is 0 Å². The van der Waals surface area contributed by atoms with Crippen LogP contribution in [0.15, 0.2) is 42.5 Å². The number of carbonyl (C=O) groups is 2. The first-order valence-corrected chi connectivity index (χ1v) is 10.5. The third kappa shape index (κ3) is 2.84. The van der Waals surface area contributed by atoms with Crippen molar-refractivity contribution in [2.45, 2.75) is 31.7 Å². The SMILES string of the molecule is CCC(=O)N1CCSC12C(=O)N(Cc1cccc(C)c1)c1ccc(Cl)cc12. The monoisotopic (exact) mass is 400 g/mol. The summed E-state index contributed by atoms with van der Waals surface area (Å²) in [7, 11) is 0. The highest BCUT2D eigenvalue weighted by atomic mass is 35.5. The minimum atomic E-state index is -0.989. The molecule has 140 valence electrons. The molecule has 4 rings (SSSR count). The van der Waals surface area contributed by atoms with E-state index in [-0.39, 0.29) is 11.8 Å². The number of amides is 2. The summed E-state index contributed by atoms with van der Waals surface area (Å²) in [5.74, 6) is 0.684. The molecule has 0 radical (unpaired) electrons. The average Bonchev–Trinajstić information content (AvgIpc) is 3.19. The summed E-state index contributed by atoms with van der Waals surface area (Å²) < 4.78 is 0. The number of carbonyl (C=O) groups excluding carboxylic acids is 2. The first-order valence-electron chi connectivity index (χ1n) is 9.09. The quantitative estimate of drug-likeness (QED) is 0.769. The summed E-state index contributed by atoms with van der Waals surface area (Å²) in [5, 5.41) is 0.578. The van der Waals surface area contributed by atoms with Crippen LogP contribution in [-0.4, -0.2) is 29.0 Å². The lowest BCUT2D eigenvalue weighted by Gasteiger charge is -2.33. The first kappa shape index (κ1) is 18.4. The molecule has 1 spiro atoms. The molecule has 27 heavy (non-hydrogen) atoms. The van der Waals surface area contributed by atoms with Crippen molar-refractivity contribution in [1.82, 2.24) is 4.90 Å². The van der Waals surface area contributed by atoms with Gasteiger partial charge in [0.05, 0.1) is 12.2 Å². The Hall–Kier alpha value is -1.98. The van der Waals surface area contributed by atoms with Crippen LogP contribution in [0.5, 0.6) is 0 Å². The van der Waals surface area contributed by atoms with Crippen molar-refractivity contribution < 1.29 is 9.59 Å². The van der Waals surface area contributed by atoms with Crippen LogP contribution >= 0.6 is 23.4 Å². The number of halogens is 1. The van der Waals surface area contributed by atoms with Gasteiger partial charge in [-0.05, 0) is 30.7 Å². The Morgan fingerprint density at radius 3 is 2.81 bits per heavy atom. The zero-order chi connectivity index (χ0) is 19.2.